The van der Waals surface area contributed by atoms with E-state index in [0.29, 0.717) is 17.1 Å². The fraction of sp³-hybridized carbons (Fsp3) is 0.176. The maximum atomic E-state index is 12.5. The van der Waals surface area contributed by atoms with Gasteiger partial charge in [0.15, 0.2) is 0 Å². The normalized spacial score (nSPS) is 19.0. The van der Waals surface area contributed by atoms with Gasteiger partial charge in [-0.05, 0) is 30.4 Å². The summed E-state index contributed by atoms with van der Waals surface area (Å²) in [5.74, 6) is -0.565. The highest BCUT2D eigenvalue weighted by atomic mass is 32.1. The summed E-state index contributed by atoms with van der Waals surface area (Å²) in [4.78, 5) is 30.3. The molecule has 3 rings (SSSR count). The summed E-state index contributed by atoms with van der Waals surface area (Å²) in [6.07, 6.45) is 7.08. The number of anilines is 1. The number of para-hydroxylation sites is 2. The first-order valence-electron chi connectivity index (χ1n) is 7.32. The van der Waals surface area contributed by atoms with Gasteiger partial charge in [-0.3, -0.25) is 14.5 Å². The van der Waals surface area contributed by atoms with Gasteiger partial charge in [0.05, 0.1) is 24.4 Å². The molecule has 24 heavy (non-hydrogen) atoms. The van der Waals surface area contributed by atoms with E-state index in [1.54, 1.807) is 48.6 Å². The van der Waals surface area contributed by atoms with E-state index in [1.165, 1.54) is 12.0 Å². The number of fused-ring (bicyclic) bond motifs is 1. The number of amides is 2. The van der Waals surface area contributed by atoms with Crippen molar-refractivity contribution < 1.29 is 14.3 Å². The van der Waals surface area contributed by atoms with Crippen molar-refractivity contribution in [2.24, 2.45) is 10.9 Å². The van der Waals surface area contributed by atoms with Gasteiger partial charge in [-0.15, -0.1) is 0 Å². The lowest BCUT2D eigenvalue weighted by Crippen LogP contribution is -2.48. The highest BCUT2D eigenvalue weighted by Gasteiger charge is 2.34. The number of carbonyl (C=O) groups excluding carboxylic acids is 2. The molecule has 7 heteroatoms. The first-order chi connectivity index (χ1) is 11.6. The highest BCUT2D eigenvalue weighted by Crippen LogP contribution is 2.23. The van der Waals surface area contributed by atoms with E-state index in [4.69, 9.17) is 17.0 Å². The summed E-state index contributed by atoms with van der Waals surface area (Å²) in [7, 11) is 1.52. The Morgan fingerprint density at radius 1 is 1.38 bits per heavy atom. The quantitative estimate of drug-likeness (QED) is 0.850. The molecule has 122 valence electrons. The second-order valence-corrected chi connectivity index (χ2v) is 5.58. The SMILES string of the molecule is COc1ccccc1NC(=O)CN1C(=O)C2C=CC=CC2=NC1=S. The Bertz CT molecular complexity index is 798. The maximum absolute atomic E-state index is 12.5. The number of hydrogen-bond donors (Lipinski definition) is 1. The molecular formula is C17H15N3O3S. The van der Waals surface area contributed by atoms with Gasteiger partial charge in [0.25, 0.3) is 0 Å². The molecule has 0 spiro atoms. The molecule has 0 aromatic heterocycles. The van der Waals surface area contributed by atoms with Crippen LogP contribution in [0.5, 0.6) is 5.75 Å². The molecule has 1 aromatic rings. The monoisotopic (exact) mass is 341 g/mol. The second kappa shape index (κ2) is 6.76. The zero-order chi connectivity index (χ0) is 17.1. The van der Waals surface area contributed by atoms with E-state index < -0.39 is 5.92 Å². The lowest BCUT2D eigenvalue weighted by atomic mass is 9.95. The average Bonchev–Trinajstić information content (AvgIpc) is 2.59. The zero-order valence-corrected chi connectivity index (χ0v) is 13.7. The van der Waals surface area contributed by atoms with Gasteiger partial charge in [0, 0.05) is 0 Å². The van der Waals surface area contributed by atoms with Crippen molar-refractivity contribution in [1.29, 1.82) is 0 Å². The van der Waals surface area contributed by atoms with Crippen LogP contribution in [0, 0.1) is 5.92 Å². The third-order valence-electron chi connectivity index (χ3n) is 3.67. The Labute approximate surface area is 144 Å². The predicted octanol–water partition coefficient (Wildman–Crippen LogP) is 1.94. The van der Waals surface area contributed by atoms with Crippen LogP contribution < -0.4 is 10.1 Å². The van der Waals surface area contributed by atoms with E-state index in [0.717, 1.165) is 0 Å². The molecule has 2 aliphatic rings. The van der Waals surface area contributed by atoms with Crippen LogP contribution in [0.4, 0.5) is 5.69 Å². The Balaban J connectivity index is 1.74. The molecule has 0 saturated heterocycles. The second-order valence-electron chi connectivity index (χ2n) is 5.21. The number of carbonyl (C=O) groups is 2. The van der Waals surface area contributed by atoms with Crippen molar-refractivity contribution in [3.8, 4) is 5.75 Å². The standard InChI is InChI=1S/C17H15N3O3S/c1-23-14-9-5-4-8-13(14)18-15(21)10-20-16(22)11-6-2-3-7-12(11)19-17(20)24/h2-9,11H,10H2,1H3,(H,18,21). The first kappa shape index (κ1) is 16.1. The molecule has 1 atom stereocenters. The highest BCUT2D eigenvalue weighted by molar-refractivity contribution is 7.80. The molecule has 1 unspecified atom stereocenters. The minimum absolute atomic E-state index is 0.0985. The molecule has 1 heterocycles. The van der Waals surface area contributed by atoms with Crippen LogP contribution in [0.1, 0.15) is 0 Å². The molecule has 0 saturated carbocycles. The van der Waals surface area contributed by atoms with Crippen LogP contribution in [0.25, 0.3) is 0 Å². The van der Waals surface area contributed by atoms with Crippen molar-refractivity contribution >= 4 is 40.5 Å². The number of benzene rings is 1. The zero-order valence-electron chi connectivity index (χ0n) is 12.9. The van der Waals surface area contributed by atoms with Crippen LogP contribution in [-0.4, -0.2) is 41.2 Å². The number of hydrogen-bond acceptors (Lipinski definition) is 4. The van der Waals surface area contributed by atoms with E-state index in [1.807, 2.05) is 0 Å². The Kier molecular flexibility index (Phi) is 4.52. The van der Waals surface area contributed by atoms with Crippen molar-refractivity contribution in [3.63, 3.8) is 0 Å². The third-order valence-corrected chi connectivity index (χ3v) is 3.98. The summed E-state index contributed by atoms with van der Waals surface area (Å²) < 4.78 is 5.19. The molecule has 6 nitrogen and oxygen atoms in total. The fourth-order valence-corrected chi connectivity index (χ4v) is 2.77. The molecule has 0 bridgehead atoms. The maximum Gasteiger partial charge on any atom is 0.244 e. The Hall–Kier alpha value is -2.80. The molecule has 2 amide bonds. The number of allylic oxidation sites excluding steroid dienone is 3. The van der Waals surface area contributed by atoms with Gasteiger partial charge in [-0.2, -0.15) is 0 Å². The molecular weight excluding hydrogens is 326 g/mol. The third kappa shape index (κ3) is 3.11. The van der Waals surface area contributed by atoms with Crippen LogP contribution in [0.3, 0.4) is 0 Å². The van der Waals surface area contributed by atoms with Crippen molar-refractivity contribution in [2.75, 3.05) is 19.0 Å². The summed E-state index contributed by atoms with van der Waals surface area (Å²) in [5.41, 5.74) is 1.14. The molecule has 1 aliphatic carbocycles. The number of aliphatic imine (C=N–C) groups is 1. The van der Waals surface area contributed by atoms with Crippen LogP contribution in [0.15, 0.2) is 53.6 Å². The van der Waals surface area contributed by atoms with Gasteiger partial charge in [-0.25, -0.2) is 4.99 Å². The minimum Gasteiger partial charge on any atom is -0.495 e. The number of nitrogens with one attached hydrogen (secondary N) is 1. The van der Waals surface area contributed by atoms with Gasteiger partial charge >= 0.3 is 0 Å². The van der Waals surface area contributed by atoms with Gasteiger partial charge in [-0.1, -0.05) is 30.4 Å². The lowest BCUT2D eigenvalue weighted by molar-refractivity contribution is -0.131. The van der Waals surface area contributed by atoms with Crippen LogP contribution in [0.2, 0.25) is 0 Å². The van der Waals surface area contributed by atoms with Crippen molar-refractivity contribution in [1.82, 2.24) is 4.90 Å². The number of ether oxygens (including phenoxy) is 1. The number of thiocarbonyl (C=S) groups is 1. The predicted molar refractivity (Wildman–Crippen MR) is 95.1 cm³/mol. The average molecular weight is 341 g/mol. The molecule has 1 N–H and O–H groups in total. The van der Waals surface area contributed by atoms with E-state index in [2.05, 4.69) is 10.3 Å². The summed E-state index contributed by atoms with van der Waals surface area (Å²) >= 11 is 5.16. The van der Waals surface area contributed by atoms with E-state index >= 15 is 0 Å². The smallest absolute Gasteiger partial charge is 0.244 e. The van der Waals surface area contributed by atoms with Gasteiger partial charge < -0.3 is 10.1 Å². The van der Waals surface area contributed by atoms with Crippen LogP contribution >= 0.6 is 12.2 Å². The first-order valence-corrected chi connectivity index (χ1v) is 7.72. The summed E-state index contributed by atoms with van der Waals surface area (Å²) in [6.45, 7) is -0.194. The summed E-state index contributed by atoms with van der Waals surface area (Å²) in [6, 6.07) is 7.04. The van der Waals surface area contributed by atoms with Crippen molar-refractivity contribution in [2.45, 2.75) is 0 Å². The number of rotatable bonds is 4. The fourth-order valence-electron chi connectivity index (χ4n) is 2.51. The summed E-state index contributed by atoms with van der Waals surface area (Å²) in [5, 5.41) is 2.82. The molecule has 1 aromatic carbocycles. The van der Waals surface area contributed by atoms with Crippen molar-refractivity contribution in [3.05, 3.63) is 48.6 Å². The lowest BCUT2D eigenvalue weighted by Gasteiger charge is -2.29. The number of methoxy groups -OCH3 is 1. The van der Waals surface area contributed by atoms with E-state index in [-0.39, 0.29) is 23.5 Å². The molecule has 0 radical (unpaired) electrons. The molecule has 0 fully saturated rings. The Morgan fingerprint density at radius 2 is 2.17 bits per heavy atom. The Morgan fingerprint density at radius 3 is 2.96 bits per heavy atom. The van der Waals surface area contributed by atoms with Gasteiger partial charge in [0.2, 0.25) is 16.9 Å². The molecule has 1 aliphatic heterocycles. The largest absolute Gasteiger partial charge is 0.495 e. The van der Waals surface area contributed by atoms with E-state index in [9.17, 15) is 9.59 Å². The number of nitrogens with zero attached hydrogens (tertiary/aromatic N) is 2. The van der Waals surface area contributed by atoms with Gasteiger partial charge in [0.1, 0.15) is 12.3 Å². The topological polar surface area (TPSA) is 71.0 Å². The minimum atomic E-state index is -0.485. The van der Waals surface area contributed by atoms with Crippen LogP contribution in [-0.2, 0) is 9.59 Å².